The van der Waals surface area contributed by atoms with Gasteiger partial charge in [0.1, 0.15) is 0 Å². The van der Waals surface area contributed by atoms with Crippen molar-refractivity contribution in [2.75, 3.05) is 0 Å². The van der Waals surface area contributed by atoms with Crippen LogP contribution < -0.4 is 5.32 Å². The fraction of sp³-hybridized carbons (Fsp3) is 0.0625. The van der Waals surface area contributed by atoms with Crippen molar-refractivity contribution in [1.29, 1.82) is 0 Å². The lowest BCUT2D eigenvalue weighted by molar-refractivity contribution is -0.139. The predicted octanol–water partition coefficient (Wildman–Crippen LogP) is 1.94. The molecule has 0 aliphatic rings. The Kier molecular flexibility index (Phi) is 4.53. The minimum Gasteiger partial charge on any atom is -0.479 e. The molecule has 1 atom stereocenters. The molecule has 22 heavy (non-hydrogen) atoms. The molecule has 0 saturated carbocycles. The molecule has 0 saturated heterocycles. The summed E-state index contributed by atoms with van der Waals surface area (Å²) >= 11 is 0. The minimum atomic E-state index is -1.25. The Bertz CT molecular complexity index is 711. The number of carbonyl (C=O) groups excluding carboxylic acids is 1. The van der Waals surface area contributed by atoms with Gasteiger partial charge in [-0.2, -0.15) is 0 Å². The van der Waals surface area contributed by atoms with Crippen LogP contribution in [-0.2, 0) is 4.79 Å². The number of carbonyl (C=O) groups is 3. The predicted molar refractivity (Wildman–Crippen MR) is 77.7 cm³/mol. The Morgan fingerprint density at radius 2 is 1.36 bits per heavy atom. The van der Waals surface area contributed by atoms with E-state index in [0.29, 0.717) is 5.56 Å². The van der Waals surface area contributed by atoms with Crippen LogP contribution in [0.25, 0.3) is 0 Å². The zero-order valence-corrected chi connectivity index (χ0v) is 11.4. The maximum Gasteiger partial charge on any atom is 0.336 e. The SMILES string of the molecule is O=C(O)c1ccccc1C(=O)NC(C(=O)O)c1ccccc1. The number of carboxylic acids is 2. The van der Waals surface area contributed by atoms with Crippen molar-refractivity contribution in [2.45, 2.75) is 6.04 Å². The largest absolute Gasteiger partial charge is 0.479 e. The molecule has 0 bridgehead atoms. The monoisotopic (exact) mass is 299 g/mol. The van der Waals surface area contributed by atoms with Gasteiger partial charge in [-0.05, 0) is 17.7 Å². The summed E-state index contributed by atoms with van der Waals surface area (Å²) in [5.74, 6) is -3.24. The first-order valence-corrected chi connectivity index (χ1v) is 6.41. The topological polar surface area (TPSA) is 104 Å². The number of amides is 1. The van der Waals surface area contributed by atoms with Crippen LogP contribution in [0.4, 0.5) is 0 Å². The van der Waals surface area contributed by atoms with E-state index in [0.717, 1.165) is 0 Å². The van der Waals surface area contributed by atoms with Crippen LogP contribution in [-0.4, -0.2) is 28.1 Å². The Morgan fingerprint density at radius 1 is 0.818 bits per heavy atom. The van der Waals surface area contributed by atoms with E-state index < -0.39 is 23.9 Å². The summed E-state index contributed by atoms with van der Waals surface area (Å²) in [6, 6.07) is 12.6. The normalized spacial score (nSPS) is 11.5. The van der Waals surface area contributed by atoms with Crippen molar-refractivity contribution in [1.82, 2.24) is 5.32 Å². The summed E-state index contributed by atoms with van der Waals surface area (Å²) in [7, 11) is 0. The van der Waals surface area contributed by atoms with E-state index in [1.807, 2.05) is 0 Å². The summed E-state index contributed by atoms with van der Waals surface area (Å²) in [6.07, 6.45) is 0. The summed E-state index contributed by atoms with van der Waals surface area (Å²) in [5.41, 5.74) is 0.130. The second kappa shape index (κ2) is 6.53. The maximum absolute atomic E-state index is 12.2. The van der Waals surface area contributed by atoms with Gasteiger partial charge >= 0.3 is 11.9 Å². The van der Waals surface area contributed by atoms with Gasteiger partial charge in [-0.3, -0.25) is 4.79 Å². The molecular formula is C16H13NO5. The van der Waals surface area contributed by atoms with Gasteiger partial charge in [0.2, 0.25) is 0 Å². The van der Waals surface area contributed by atoms with Crippen molar-refractivity contribution in [3.05, 3.63) is 71.3 Å². The van der Waals surface area contributed by atoms with E-state index in [1.165, 1.54) is 24.3 Å². The van der Waals surface area contributed by atoms with Crippen LogP contribution >= 0.6 is 0 Å². The number of hydrogen-bond acceptors (Lipinski definition) is 3. The molecule has 0 heterocycles. The van der Waals surface area contributed by atoms with Gasteiger partial charge in [-0.15, -0.1) is 0 Å². The van der Waals surface area contributed by atoms with Crippen LogP contribution in [0.3, 0.4) is 0 Å². The number of hydrogen-bond donors (Lipinski definition) is 3. The third kappa shape index (κ3) is 3.29. The first-order chi connectivity index (χ1) is 10.5. The number of carboxylic acid groups (broad SMARTS) is 2. The fourth-order valence-electron chi connectivity index (χ4n) is 2.01. The van der Waals surface area contributed by atoms with Gasteiger partial charge in [0.25, 0.3) is 5.91 Å². The Labute approximate surface area is 126 Å². The van der Waals surface area contributed by atoms with Crippen LogP contribution in [0.15, 0.2) is 54.6 Å². The molecule has 0 spiro atoms. The summed E-state index contributed by atoms with van der Waals surface area (Å²) in [4.78, 5) is 34.7. The lowest BCUT2D eigenvalue weighted by atomic mass is 10.0. The Hall–Kier alpha value is -3.15. The number of aliphatic carboxylic acids is 1. The number of aromatic carboxylic acids is 1. The van der Waals surface area contributed by atoms with Gasteiger partial charge in [-0.25, -0.2) is 9.59 Å². The highest BCUT2D eigenvalue weighted by Crippen LogP contribution is 2.15. The van der Waals surface area contributed by atoms with Crippen molar-refractivity contribution in [3.63, 3.8) is 0 Å². The average molecular weight is 299 g/mol. The molecule has 0 aliphatic carbocycles. The van der Waals surface area contributed by atoms with E-state index in [4.69, 9.17) is 5.11 Å². The third-order valence-corrected chi connectivity index (χ3v) is 3.06. The molecule has 6 heteroatoms. The Balaban J connectivity index is 2.30. The van der Waals surface area contributed by atoms with Gasteiger partial charge in [0.15, 0.2) is 6.04 Å². The summed E-state index contributed by atoms with van der Waals surface area (Å²) < 4.78 is 0. The van der Waals surface area contributed by atoms with Crippen molar-refractivity contribution < 1.29 is 24.6 Å². The van der Waals surface area contributed by atoms with Gasteiger partial charge < -0.3 is 15.5 Å². The average Bonchev–Trinajstić information content (AvgIpc) is 2.52. The molecule has 0 aliphatic heterocycles. The minimum absolute atomic E-state index is 0.0859. The first kappa shape index (κ1) is 15.2. The quantitative estimate of drug-likeness (QED) is 0.782. The van der Waals surface area contributed by atoms with Crippen molar-refractivity contribution in [3.8, 4) is 0 Å². The molecule has 112 valence electrons. The standard InChI is InChI=1S/C16H13NO5/c18-14(11-8-4-5-9-12(11)15(19)20)17-13(16(21)22)10-6-2-1-3-7-10/h1-9,13H,(H,17,18)(H,19,20)(H,21,22). The van der Waals surface area contributed by atoms with E-state index >= 15 is 0 Å². The second-order valence-corrected chi connectivity index (χ2v) is 4.51. The summed E-state index contributed by atoms with van der Waals surface area (Å²) in [5, 5.41) is 20.7. The lowest BCUT2D eigenvalue weighted by Crippen LogP contribution is -2.34. The summed E-state index contributed by atoms with van der Waals surface area (Å²) in [6.45, 7) is 0. The molecule has 0 aromatic heterocycles. The Morgan fingerprint density at radius 3 is 1.91 bits per heavy atom. The highest BCUT2D eigenvalue weighted by molar-refractivity contribution is 6.05. The zero-order valence-electron chi connectivity index (χ0n) is 11.4. The van der Waals surface area contributed by atoms with Crippen molar-refractivity contribution >= 4 is 17.8 Å². The maximum atomic E-state index is 12.2. The molecular weight excluding hydrogens is 286 g/mol. The molecule has 1 amide bonds. The van der Waals surface area contributed by atoms with Gasteiger partial charge in [0, 0.05) is 0 Å². The van der Waals surface area contributed by atoms with Crippen LogP contribution in [0.2, 0.25) is 0 Å². The van der Waals surface area contributed by atoms with Crippen LogP contribution in [0.1, 0.15) is 32.3 Å². The molecule has 6 nitrogen and oxygen atoms in total. The third-order valence-electron chi connectivity index (χ3n) is 3.06. The van der Waals surface area contributed by atoms with Gasteiger partial charge in [-0.1, -0.05) is 42.5 Å². The molecule has 1 unspecified atom stereocenters. The number of rotatable bonds is 5. The second-order valence-electron chi connectivity index (χ2n) is 4.51. The lowest BCUT2D eigenvalue weighted by Gasteiger charge is -2.15. The van der Waals surface area contributed by atoms with Crippen LogP contribution in [0, 0.1) is 0 Å². The van der Waals surface area contributed by atoms with E-state index in [1.54, 1.807) is 30.3 Å². The number of benzene rings is 2. The van der Waals surface area contributed by atoms with Crippen molar-refractivity contribution in [2.24, 2.45) is 0 Å². The van der Waals surface area contributed by atoms with E-state index in [-0.39, 0.29) is 11.1 Å². The highest BCUT2D eigenvalue weighted by atomic mass is 16.4. The molecule has 0 radical (unpaired) electrons. The molecule has 2 aromatic rings. The smallest absolute Gasteiger partial charge is 0.336 e. The molecule has 2 rings (SSSR count). The van der Waals surface area contributed by atoms with Crippen LogP contribution in [0.5, 0.6) is 0 Å². The number of nitrogens with one attached hydrogen (secondary N) is 1. The zero-order chi connectivity index (χ0) is 16.1. The van der Waals surface area contributed by atoms with E-state index in [9.17, 15) is 19.5 Å². The molecule has 3 N–H and O–H groups in total. The molecule has 0 fully saturated rings. The first-order valence-electron chi connectivity index (χ1n) is 6.41. The fourth-order valence-corrected chi connectivity index (χ4v) is 2.01. The molecule has 2 aromatic carbocycles. The van der Waals surface area contributed by atoms with Gasteiger partial charge in [0.05, 0.1) is 11.1 Å². The highest BCUT2D eigenvalue weighted by Gasteiger charge is 2.24. The van der Waals surface area contributed by atoms with E-state index in [2.05, 4.69) is 5.32 Å².